The van der Waals surface area contributed by atoms with Gasteiger partial charge >= 0.3 is 19.8 Å². The minimum absolute atomic E-state index is 0.0258. The Morgan fingerprint density at radius 1 is 0.444 bits per heavy atom. The highest BCUT2D eigenvalue weighted by Gasteiger charge is 2.27. The number of carboxylic acid groups (broad SMARTS) is 1. The van der Waals surface area contributed by atoms with E-state index in [1.54, 1.807) is 0 Å². The van der Waals surface area contributed by atoms with Crippen LogP contribution in [-0.4, -0.2) is 60.5 Å². The van der Waals surface area contributed by atoms with E-state index >= 15 is 0 Å². The van der Waals surface area contributed by atoms with Gasteiger partial charge in [0.2, 0.25) is 0 Å². The highest BCUT2D eigenvalue weighted by atomic mass is 31.2. The zero-order valence-corrected chi connectivity index (χ0v) is 42.4. The van der Waals surface area contributed by atoms with Gasteiger partial charge in [-0.15, -0.1) is 0 Å². The van der Waals surface area contributed by atoms with Crippen LogP contribution in [0.25, 0.3) is 0 Å². The summed E-state index contributed by atoms with van der Waals surface area (Å²) < 4.78 is 33.5. The van der Waals surface area contributed by atoms with Crippen LogP contribution in [0.2, 0.25) is 0 Å². The topological polar surface area (TPSA) is 155 Å². The third-order valence-corrected chi connectivity index (χ3v) is 13.3. The Morgan fingerprint density at radius 3 is 1.05 bits per heavy atom. The molecular formula is C52H104NO9P. The molecule has 10 nitrogen and oxygen atoms in total. The first-order valence-electron chi connectivity index (χ1n) is 27.1. The number of nitrogens with two attached hydrogens (primary N) is 1. The molecule has 0 rings (SSSR count). The molecular weight excluding hydrogens is 814 g/mol. The van der Waals surface area contributed by atoms with Crippen molar-refractivity contribution >= 4 is 19.8 Å². The maximum Gasteiger partial charge on any atom is 0.472 e. The maximum absolute atomic E-state index is 12.7. The third-order valence-electron chi connectivity index (χ3n) is 12.4. The zero-order valence-electron chi connectivity index (χ0n) is 41.5. The monoisotopic (exact) mass is 918 g/mol. The predicted octanol–water partition coefficient (Wildman–Crippen LogP) is 15.9. The highest BCUT2D eigenvalue weighted by Crippen LogP contribution is 2.43. The summed E-state index contributed by atoms with van der Waals surface area (Å²) >= 11 is 0. The van der Waals surface area contributed by atoms with Crippen LogP contribution in [0.1, 0.15) is 284 Å². The van der Waals surface area contributed by atoms with Crippen LogP contribution in [0.3, 0.4) is 0 Å². The third kappa shape index (κ3) is 48.7. The maximum atomic E-state index is 12.7. The lowest BCUT2D eigenvalue weighted by Crippen LogP contribution is -2.34. The van der Waals surface area contributed by atoms with E-state index < -0.39 is 45.1 Å². The number of unbranched alkanes of at least 4 members (excludes halogenated alkanes) is 39. The van der Waals surface area contributed by atoms with E-state index in [1.165, 1.54) is 225 Å². The number of phosphoric acid groups is 1. The molecule has 0 amide bonds. The van der Waals surface area contributed by atoms with Crippen LogP contribution in [0.4, 0.5) is 0 Å². The number of carbonyl (C=O) groups is 2. The van der Waals surface area contributed by atoms with E-state index in [4.69, 9.17) is 29.4 Å². The van der Waals surface area contributed by atoms with Gasteiger partial charge in [-0.1, -0.05) is 264 Å². The van der Waals surface area contributed by atoms with Gasteiger partial charge in [-0.3, -0.25) is 18.6 Å². The fraction of sp³-hybridized carbons (Fsp3) is 0.962. The van der Waals surface area contributed by atoms with E-state index in [0.29, 0.717) is 6.61 Å². The number of rotatable bonds is 53. The summed E-state index contributed by atoms with van der Waals surface area (Å²) in [6, 6.07) is -1.47. The molecule has 0 aliphatic heterocycles. The van der Waals surface area contributed by atoms with Gasteiger partial charge in [-0.25, -0.2) is 4.57 Å². The molecule has 0 aliphatic rings. The standard InChI is InChI=1S/C52H104NO9P/c1-3-5-7-9-11-13-15-17-18-19-20-21-22-23-24-25-26-27-28-29-30-31-32-33-34-36-38-40-42-44-51(54)62-49(47-60-63(57,58)61-48-50(53)52(55)56)46-59-45-43-41-39-37-35-16-14-12-10-8-6-4-2/h49-50H,3-48,53H2,1-2H3,(H,55,56)(H,57,58)/t49-,50+/m1/s1. The first-order chi connectivity index (χ1) is 30.7. The Morgan fingerprint density at radius 2 is 0.730 bits per heavy atom. The van der Waals surface area contributed by atoms with Crippen LogP contribution in [0.15, 0.2) is 0 Å². The molecule has 0 aliphatic carbocycles. The second-order valence-corrected chi connectivity index (χ2v) is 20.2. The minimum Gasteiger partial charge on any atom is -0.480 e. The van der Waals surface area contributed by atoms with Crippen molar-refractivity contribution in [1.82, 2.24) is 0 Å². The first-order valence-corrected chi connectivity index (χ1v) is 28.6. The van der Waals surface area contributed by atoms with Crippen molar-refractivity contribution in [3.05, 3.63) is 0 Å². The fourth-order valence-corrected chi connectivity index (χ4v) is 8.97. The van der Waals surface area contributed by atoms with Crippen LogP contribution in [-0.2, 0) is 32.7 Å². The van der Waals surface area contributed by atoms with E-state index in [-0.39, 0.29) is 13.0 Å². The number of carbonyl (C=O) groups excluding carboxylic acids is 1. The van der Waals surface area contributed by atoms with Crippen molar-refractivity contribution in [2.24, 2.45) is 5.73 Å². The van der Waals surface area contributed by atoms with Crippen LogP contribution in [0.5, 0.6) is 0 Å². The number of hydrogen-bond acceptors (Lipinski definition) is 8. The van der Waals surface area contributed by atoms with E-state index in [1.807, 2.05) is 0 Å². The van der Waals surface area contributed by atoms with E-state index in [2.05, 4.69) is 13.8 Å². The molecule has 0 radical (unpaired) electrons. The highest BCUT2D eigenvalue weighted by molar-refractivity contribution is 7.47. The lowest BCUT2D eigenvalue weighted by atomic mass is 10.0. The Hall–Kier alpha value is -1.03. The summed E-state index contributed by atoms with van der Waals surface area (Å²) in [4.78, 5) is 33.7. The zero-order chi connectivity index (χ0) is 46.2. The van der Waals surface area contributed by atoms with E-state index in [0.717, 1.165) is 38.5 Å². The van der Waals surface area contributed by atoms with Crippen LogP contribution >= 0.6 is 7.82 Å². The summed E-state index contributed by atoms with van der Waals surface area (Å²) in [6.07, 6.45) is 53.3. The molecule has 1 unspecified atom stereocenters. The number of aliphatic carboxylic acids is 1. The minimum atomic E-state index is -4.61. The largest absolute Gasteiger partial charge is 0.480 e. The molecule has 0 aromatic rings. The molecule has 376 valence electrons. The Balaban J connectivity index is 3.91. The number of ether oxygens (including phenoxy) is 2. The second-order valence-electron chi connectivity index (χ2n) is 18.7. The molecule has 0 heterocycles. The molecule has 0 saturated carbocycles. The second kappa shape index (κ2) is 48.9. The van der Waals surface area contributed by atoms with Gasteiger partial charge in [0, 0.05) is 13.0 Å². The summed E-state index contributed by atoms with van der Waals surface area (Å²) in [6.45, 7) is 3.95. The van der Waals surface area contributed by atoms with Gasteiger partial charge in [0.25, 0.3) is 0 Å². The van der Waals surface area contributed by atoms with Gasteiger partial charge < -0.3 is 25.2 Å². The summed E-state index contributed by atoms with van der Waals surface area (Å²) in [5.74, 6) is -1.76. The van der Waals surface area contributed by atoms with Gasteiger partial charge in [0.1, 0.15) is 12.1 Å². The van der Waals surface area contributed by atoms with Crippen LogP contribution < -0.4 is 5.73 Å². The number of carboxylic acids is 1. The van der Waals surface area contributed by atoms with Crippen molar-refractivity contribution in [2.75, 3.05) is 26.4 Å². The molecule has 3 atom stereocenters. The molecule has 0 saturated heterocycles. The molecule has 11 heteroatoms. The quantitative estimate of drug-likeness (QED) is 0.0305. The molecule has 0 fully saturated rings. The summed E-state index contributed by atoms with van der Waals surface area (Å²) in [5.41, 5.74) is 5.37. The molecule has 0 aromatic heterocycles. The number of phosphoric ester groups is 1. The van der Waals surface area contributed by atoms with E-state index in [9.17, 15) is 19.0 Å². The Bertz CT molecular complexity index is 1020. The average Bonchev–Trinajstić information content (AvgIpc) is 3.26. The van der Waals surface area contributed by atoms with Gasteiger partial charge in [0.15, 0.2) is 0 Å². The van der Waals surface area contributed by atoms with Gasteiger partial charge in [0.05, 0.1) is 19.8 Å². The summed E-state index contributed by atoms with van der Waals surface area (Å²) in [7, 11) is -4.61. The average molecular weight is 918 g/mol. The molecule has 4 N–H and O–H groups in total. The van der Waals surface area contributed by atoms with Crippen molar-refractivity contribution in [3.63, 3.8) is 0 Å². The van der Waals surface area contributed by atoms with Gasteiger partial charge in [-0.05, 0) is 12.8 Å². The lowest BCUT2D eigenvalue weighted by molar-refractivity contribution is -0.154. The van der Waals surface area contributed by atoms with Crippen molar-refractivity contribution in [1.29, 1.82) is 0 Å². The molecule has 0 aromatic carbocycles. The number of esters is 1. The first kappa shape index (κ1) is 62.0. The predicted molar refractivity (Wildman–Crippen MR) is 263 cm³/mol. The SMILES string of the molecule is CCCCCCCCCCCCCCCCCCCCCCCCCCCCCCCC(=O)O[C@H](COCCCCCCCCCCCCCC)COP(=O)(O)OC[C@H](N)C(=O)O. The smallest absolute Gasteiger partial charge is 0.472 e. The Labute approximate surface area is 389 Å². The normalized spacial score (nSPS) is 13.6. The van der Waals surface area contributed by atoms with Crippen molar-refractivity contribution in [2.45, 2.75) is 296 Å². The fourth-order valence-electron chi connectivity index (χ4n) is 8.20. The Kier molecular flexibility index (Phi) is 48.1. The van der Waals surface area contributed by atoms with Crippen molar-refractivity contribution in [3.8, 4) is 0 Å². The van der Waals surface area contributed by atoms with Crippen LogP contribution in [0, 0.1) is 0 Å². The number of hydrogen-bond donors (Lipinski definition) is 3. The van der Waals surface area contributed by atoms with Crippen molar-refractivity contribution < 1.29 is 42.7 Å². The molecule has 0 bridgehead atoms. The lowest BCUT2D eigenvalue weighted by Gasteiger charge is -2.20. The summed E-state index contributed by atoms with van der Waals surface area (Å²) in [5, 5.41) is 8.92. The molecule has 0 spiro atoms. The van der Waals surface area contributed by atoms with Gasteiger partial charge in [-0.2, -0.15) is 0 Å². The molecule has 63 heavy (non-hydrogen) atoms.